The monoisotopic (exact) mass is 274 g/mol. The molecule has 0 heterocycles. The van der Waals surface area contributed by atoms with Crippen molar-refractivity contribution in [3.8, 4) is 0 Å². The summed E-state index contributed by atoms with van der Waals surface area (Å²) in [4.78, 5) is 2.38. The van der Waals surface area contributed by atoms with Gasteiger partial charge in [-0.3, -0.25) is 0 Å². The second kappa shape index (κ2) is 6.07. The van der Waals surface area contributed by atoms with Gasteiger partial charge in [-0.25, -0.2) is 0 Å². The Balaban J connectivity index is 2.01. The molecule has 2 atom stereocenters. The number of hydrogen-bond acceptors (Lipinski definition) is 2. The van der Waals surface area contributed by atoms with E-state index in [1.807, 2.05) is 0 Å². The average molecular weight is 274 g/mol. The van der Waals surface area contributed by atoms with Gasteiger partial charge in [0.15, 0.2) is 0 Å². The van der Waals surface area contributed by atoms with E-state index < -0.39 is 0 Å². The van der Waals surface area contributed by atoms with Crippen molar-refractivity contribution in [3.05, 3.63) is 24.3 Å². The van der Waals surface area contributed by atoms with E-state index in [1.165, 1.54) is 24.2 Å². The summed E-state index contributed by atoms with van der Waals surface area (Å²) in [6, 6.07) is 9.54. The van der Waals surface area contributed by atoms with Gasteiger partial charge < -0.3 is 10.2 Å². The van der Waals surface area contributed by atoms with Crippen LogP contribution in [0.5, 0.6) is 0 Å². The van der Waals surface area contributed by atoms with Crippen LogP contribution in [0.4, 0.5) is 11.4 Å². The summed E-state index contributed by atoms with van der Waals surface area (Å²) in [7, 11) is 0. The smallest absolute Gasteiger partial charge is 0.0367 e. The molecule has 0 spiro atoms. The highest BCUT2D eigenvalue weighted by molar-refractivity contribution is 5.55. The first-order chi connectivity index (χ1) is 9.45. The maximum absolute atomic E-state index is 3.73. The van der Waals surface area contributed by atoms with Gasteiger partial charge in [0, 0.05) is 30.5 Å². The molecule has 0 aliphatic heterocycles. The summed E-state index contributed by atoms with van der Waals surface area (Å²) < 4.78 is 0. The van der Waals surface area contributed by atoms with Gasteiger partial charge in [-0.15, -0.1) is 0 Å². The van der Waals surface area contributed by atoms with Gasteiger partial charge >= 0.3 is 0 Å². The number of hydrogen-bond donors (Lipinski definition) is 1. The summed E-state index contributed by atoms with van der Waals surface area (Å²) in [5, 5.41) is 3.73. The molecule has 112 valence electrons. The molecule has 0 bridgehead atoms. The van der Waals surface area contributed by atoms with E-state index in [9.17, 15) is 0 Å². The molecule has 1 aromatic rings. The summed E-state index contributed by atoms with van der Waals surface area (Å²) in [5.41, 5.74) is 3.06. The second-order valence-electron chi connectivity index (χ2n) is 7.02. The van der Waals surface area contributed by atoms with E-state index in [0.29, 0.717) is 11.5 Å². The Morgan fingerprint density at radius 1 is 1.10 bits per heavy atom. The largest absolute Gasteiger partial charge is 0.382 e. The molecular weight excluding hydrogens is 244 g/mol. The predicted octanol–water partition coefficient (Wildman–Crippen LogP) is 4.77. The minimum absolute atomic E-state index is 0.484. The first-order valence-electron chi connectivity index (χ1n) is 8.06. The molecule has 2 rings (SSSR count). The normalized spacial score (nSPS) is 24.6. The molecular formula is C18H30N2. The fourth-order valence-electron chi connectivity index (χ4n) is 3.66. The number of nitrogens with zero attached hydrogens (tertiary/aromatic N) is 1. The summed E-state index contributed by atoms with van der Waals surface area (Å²) in [5.74, 6) is 0.757. The van der Waals surface area contributed by atoms with Gasteiger partial charge in [0.05, 0.1) is 0 Å². The zero-order valence-electron chi connectivity index (χ0n) is 13.7. The Kier molecular flexibility index (Phi) is 4.62. The number of rotatable bonds is 5. The van der Waals surface area contributed by atoms with Crippen LogP contribution in [0, 0.1) is 11.3 Å². The van der Waals surface area contributed by atoms with Crippen molar-refractivity contribution in [3.63, 3.8) is 0 Å². The zero-order valence-corrected chi connectivity index (χ0v) is 13.7. The van der Waals surface area contributed by atoms with Gasteiger partial charge in [0.2, 0.25) is 0 Å². The highest BCUT2D eigenvalue weighted by atomic mass is 15.1. The molecule has 1 fully saturated rings. The van der Waals surface area contributed by atoms with E-state index >= 15 is 0 Å². The lowest BCUT2D eigenvalue weighted by atomic mass is 9.91. The van der Waals surface area contributed by atoms with Crippen LogP contribution in [-0.4, -0.2) is 19.1 Å². The standard InChI is InChI=1S/C18H30N2/c1-6-20(7-2)16-10-8-15(9-11-16)19-17-13-18(4,5)12-14(17)3/h8-11,14,17,19H,6-7,12-13H2,1-5H3. The van der Waals surface area contributed by atoms with Crippen LogP contribution < -0.4 is 10.2 Å². The third-order valence-corrected chi connectivity index (χ3v) is 4.68. The Morgan fingerprint density at radius 2 is 1.70 bits per heavy atom. The van der Waals surface area contributed by atoms with Gasteiger partial charge in [-0.05, 0) is 62.3 Å². The van der Waals surface area contributed by atoms with Gasteiger partial charge in [0.1, 0.15) is 0 Å². The van der Waals surface area contributed by atoms with Crippen LogP contribution in [0.2, 0.25) is 0 Å². The average Bonchev–Trinajstić information content (AvgIpc) is 2.66. The van der Waals surface area contributed by atoms with E-state index in [0.717, 1.165) is 19.0 Å². The van der Waals surface area contributed by atoms with Crippen LogP contribution in [0.15, 0.2) is 24.3 Å². The lowest BCUT2D eigenvalue weighted by Gasteiger charge is -2.23. The maximum Gasteiger partial charge on any atom is 0.0367 e. The lowest BCUT2D eigenvalue weighted by molar-refractivity contribution is 0.366. The van der Waals surface area contributed by atoms with Crippen LogP contribution in [0.25, 0.3) is 0 Å². The predicted molar refractivity (Wildman–Crippen MR) is 89.6 cm³/mol. The topological polar surface area (TPSA) is 15.3 Å². The van der Waals surface area contributed by atoms with Crippen LogP contribution in [0.3, 0.4) is 0 Å². The third-order valence-electron chi connectivity index (χ3n) is 4.68. The Hall–Kier alpha value is -1.18. The van der Waals surface area contributed by atoms with Crippen molar-refractivity contribution in [2.45, 2.75) is 53.5 Å². The minimum Gasteiger partial charge on any atom is -0.382 e. The van der Waals surface area contributed by atoms with E-state index in [2.05, 4.69) is 69.1 Å². The highest BCUT2D eigenvalue weighted by Crippen LogP contribution is 2.42. The molecule has 1 aliphatic rings. The van der Waals surface area contributed by atoms with Gasteiger partial charge in [-0.2, -0.15) is 0 Å². The fraction of sp³-hybridized carbons (Fsp3) is 0.667. The molecule has 1 N–H and O–H groups in total. The Labute approximate surface area is 124 Å². The molecule has 0 aromatic heterocycles. The third kappa shape index (κ3) is 3.47. The minimum atomic E-state index is 0.484. The van der Waals surface area contributed by atoms with Crippen LogP contribution >= 0.6 is 0 Å². The molecule has 2 heteroatoms. The molecule has 1 aromatic carbocycles. The molecule has 2 nitrogen and oxygen atoms in total. The van der Waals surface area contributed by atoms with Crippen molar-refractivity contribution < 1.29 is 0 Å². The maximum atomic E-state index is 3.73. The lowest BCUT2D eigenvalue weighted by Crippen LogP contribution is -2.23. The zero-order chi connectivity index (χ0) is 14.8. The molecule has 0 radical (unpaired) electrons. The number of anilines is 2. The Bertz CT molecular complexity index is 418. The van der Waals surface area contributed by atoms with Crippen molar-refractivity contribution in [2.75, 3.05) is 23.3 Å². The van der Waals surface area contributed by atoms with Crippen molar-refractivity contribution in [1.82, 2.24) is 0 Å². The first-order valence-corrected chi connectivity index (χ1v) is 8.06. The van der Waals surface area contributed by atoms with E-state index in [4.69, 9.17) is 0 Å². The first kappa shape index (κ1) is 15.2. The SMILES string of the molecule is CCN(CC)c1ccc(NC2CC(C)(C)CC2C)cc1. The van der Waals surface area contributed by atoms with Gasteiger partial charge in [-0.1, -0.05) is 20.8 Å². The molecule has 1 aliphatic carbocycles. The molecule has 1 saturated carbocycles. The van der Waals surface area contributed by atoms with Crippen molar-refractivity contribution in [1.29, 1.82) is 0 Å². The summed E-state index contributed by atoms with van der Waals surface area (Å²) in [6.07, 6.45) is 2.59. The second-order valence-corrected chi connectivity index (χ2v) is 7.02. The number of benzene rings is 1. The van der Waals surface area contributed by atoms with Crippen LogP contribution in [-0.2, 0) is 0 Å². The Morgan fingerprint density at radius 3 is 2.15 bits per heavy atom. The van der Waals surface area contributed by atoms with E-state index in [1.54, 1.807) is 0 Å². The van der Waals surface area contributed by atoms with Gasteiger partial charge in [0.25, 0.3) is 0 Å². The summed E-state index contributed by atoms with van der Waals surface area (Å²) in [6.45, 7) is 13.7. The molecule has 0 saturated heterocycles. The molecule has 20 heavy (non-hydrogen) atoms. The fourth-order valence-corrected chi connectivity index (χ4v) is 3.66. The quantitative estimate of drug-likeness (QED) is 0.832. The van der Waals surface area contributed by atoms with E-state index in [-0.39, 0.29) is 0 Å². The molecule has 2 unspecified atom stereocenters. The van der Waals surface area contributed by atoms with Crippen molar-refractivity contribution >= 4 is 11.4 Å². The highest BCUT2D eigenvalue weighted by Gasteiger charge is 2.36. The van der Waals surface area contributed by atoms with Crippen LogP contribution in [0.1, 0.15) is 47.5 Å². The van der Waals surface area contributed by atoms with Crippen molar-refractivity contribution in [2.24, 2.45) is 11.3 Å². The number of nitrogens with one attached hydrogen (secondary N) is 1. The summed E-state index contributed by atoms with van der Waals surface area (Å²) >= 11 is 0. The molecule has 0 amide bonds.